The molecule has 0 fully saturated rings. The summed E-state index contributed by atoms with van der Waals surface area (Å²) in [6.45, 7) is 11.9. The number of aliphatic carboxylic acids is 1. The minimum Gasteiger partial charge on any atom is -0.480 e. The third-order valence-electron chi connectivity index (χ3n) is 4.52. The van der Waals surface area contributed by atoms with Crippen LogP contribution in [-0.4, -0.2) is 67.7 Å². The van der Waals surface area contributed by atoms with Crippen molar-refractivity contribution in [3.05, 3.63) is 29.8 Å². The van der Waals surface area contributed by atoms with Gasteiger partial charge < -0.3 is 20.1 Å². The van der Waals surface area contributed by atoms with E-state index < -0.39 is 33.7 Å². The largest absolute Gasteiger partial charge is 0.480 e. The molecule has 1 aromatic carbocycles. The predicted octanol–water partition coefficient (Wildman–Crippen LogP) is 2.73. The van der Waals surface area contributed by atoms with Crippen LogP contribution in [0.4, 0.5) is 4.79 Å². The molecule has 1 aromatic rings. The highest BCUT2D eigenvalue weighted by atomic mass is 32.2. The summed E-state index contributed by atoms with van der Waals surface area (Å²) in [5, 5.41) is 11.7. The first-order chi connectivity index (χ1) is 15.3. The Labute approximate surface area is 196 Å². The maximum absolute atomic E-state index is 12.8. The lowest BCUT2D eigenvalue weighted by molar-refractivity contribution is -0.139. The van der Waals surface area contributed by atoms with E-state index in [-0.39, 0.29) is 23.8 Å². The van der Waals surface area contributed by atoms with Crippen LogP contribution in [-0.2, 0) is 19.6 Å². The van der Waals surface area contributed by atoms with Gasteiger partial charge in [0.1, 0.15) is 11.6 Å². The number of amides is 1. The fourth-order valence-corrected chi connectivity index (χ4v) is 3.85. The average Bonchev–Trinajstić information content (AvgIpc) is 2.69. The second-order valence-electron chi connectivity index (χ2n) is 8.48. The highest BCUT2D eigenvalue weighted by Crippen LogP contribution is 2.11. The molecule has 0 unspecified atom stereocenters. The third kappa shape index (κ3) is 10.1. The van der Waals surface area contributed by atoms with Crippen LogP contribution < -0.4 is 10.0 Å². The Bertz CT molecular complexity index is 919. The summed E-state index contributed by atoms with van der Waals surface area (Å²) in [6.07, 6.45) is -0.397. The summed E-state index contributed by atoms with van der Waals surface area (Å²) in [7, 11) is -3.83. The topological polar surface area (TPSA) is 137 Å². The molecule has 0 saturated carbocycles. The summed E-state index contributed by atoms with van der Waals surface area (Å²) >= 11 is 0. The van der Waals surface area contributed by atoms with Crippen LogP contribution in [0.3, 0.4) is 0 Å². The van der Waals surface area contributed by atoms with Gasteiger partial charge >= 0.3 is 12.1 Å². The summed E-state index contributed by atoms with van der Waals surface area (Å²) in [4.78, 5) is 29.6. The molecule has 11 heteroatoms. The first-order valence-corrected chi connectivity index (χ1v) is 12.4. The molecule has 1 rings (SSSR count). The SMILES string of the molecule is CCN(CC)C(=NCCC[C@H](NC(=O)OC(C)(C)C)C(=O)O)NS(=O)(=O)c1ccc(C)cc1. The number of alkyl carbamates (subject to hydrolysis) is 1. The standard InChI is InChI=1S/C22H36N4O6S/c1-7-26(8-2)20(25-33(30,31)17-13-11-16(3)12-14-17)23-15-9-10-18(19(27)28)24-21(29)32-22(4,5)6/h11-14,18H,7-10,15H2,1-6H3,(H,23,25)(H,24,29)(H,27,28)/t18-/m0/s1. The Kier molecular flexibility index (Phi) is 10.6. The lowest BCUT2D eigenvalue weighted by atomic mass is 10.1. The molecule has 0 spiro atoms. The lowest BCUT2D eigenvalue weighted by Gasteiger charge is -2.24. The van der Waals surface area contributed by atoms with E-state index in [0.717, 1.165) is 5.56 Å². The lowest BCUT2D eigenvalue weighted by Crippen LogP contribution is -2.44. The second kappa shape index (κ2) is 12.4. The van der Waals surface area contributed by atoms with E-state index >= 15 is 0 Å². The molecule has 0 bridgehead atoms. The molecule has 3 N–H and O–H groups in total. The van der Waals surface area contributed by atoms with Crippen LogP contribution in [0.2, 0.25) is 0 Å². The van der Waals surface area contributed by atoms with Crippen LogP contribution in [0.5, 0.6) is 0 Å². The number of rotatable bonds is 10. The van der Waals surface area contributed by atoms with Gasteiger partial charge in [0.25, 0.3) is 10.0 Å². The van der Waals surface area contributed by atoms with E-state index in [1.807, 2.05) is 20.8 Å². The fourth-order valence-electron chi connectivity index (χ4n) is 2.80. The number of carbonyl (C=O) groups is 2. The third-order valence-corrected chi connectivity index (χ3v) is 5.87. The van der Waals surface area contributed by atoms with E-state index in [9.17, 15) is 23.1 Å². The van der Waals surface area contributed by atoms with Gasteiger partial charge in [0.05, 0.1) is 4.90 Å². The van der Waals surface area contributed by atoms with Crippen molar-refractivity contribution in [2.75, 3.05) is 19.6 Å². The zero-order valence-corrected chi connectivity index (χ0v) is 21.0. The van der Waals surface area contributed by atoms with Crippen LogP contribution in [0.1, 0.15) is 53.0 Å². The Hall–Kier alpha value is -2.82. The van der Waals surface area contributed by atoms with Crippen molar-refractivity contribution in [3.8, 4) is 0 Å². The number of guanidine groups is 1. The average molecular weight is 485 g/mol. The highest BCUT2D eigenvalue weighted by Gasteiger charge is 2.24. The maximum atomic E-state index is 12.8. The number of aryl methyl sites for hydroxylation is 1. The summed E-state index contributed by atoms with van der Waals surface area (Å²) < 4.78 is 33.2. The Morgan fingerprint density at radius 2 is 1.73 bits per heavy atom. The summed E-state index contributed by atoms with van der Waals surface area (Å²) in [5.41, 5.74) is 0.199. The molecule has 186 valence electrons. The quantitative estimate of drug-likeness (QED) is 0.264. The molecule has 33 heavy (non-hydrogen) atoms. The molecule has 1 atom stereocenters. The van der Waals surface area contributed by atoms with Crippen molar-refractivity contribution in [3.63, 3.8) is 0 Å². The van der Waals surface area contributed by atoms with Crippen LogP contribution in [0.25, 0.3) is 0 Å². The number of nitrogens with one attached hydrogen (secondary N) is 2. The molecule has 0 saturated heterocycles. The molecule has 0 aliphatic heterocycles. The molecule has 0 radical (unpaired) electrons. The van der Waals surface area contributed by atoms with Gasteiger partial charge in [0.2, 0.25) is 5.96 Å². The molecule has 10 nitrogen and oxygen atoms in total. The molecule has 0 aromatic heterocycles. The maximum Gasteiger partial charge on any atom is 0.408 e. The second-order valence-corrected chi connectivity index (χ2v) is 10.2. The number of carboxylic acids is 1. The van der Waals surface area contributed by atoms with Crippen molar-refractivity contribution >= 4 is 28.0 Å². The van der Waals surface area contributed by atoms with Crippen molar-refractivity contribution in [1.82, 2.24) is 14.9 Å². The van der Waals surface area contributed by atoms with Gasteiger partial charge in [-0.3, -0.25) is 4.99 Å². The van der Waals surface area contributed by atoms with E-state index in [2.05, 4.69) is 15.0 Å². The van der Waals surface area contributed by atoms with Gasteiger partial charge in [-0.15, -0.1) is 0 Å². The van der Waals surface area contributed by atoms with E-state index in [0.29, 0.717) is 19.5 Å². The number of carboxylic acid groups (broad SMARTS) is 1. The van der Waals surface area contributed by atoms with Crippen LogP contribution in [0, 0.1) is 6.92 Å². The summed E-state index contributed by atoms with van der Waals surface area (Å²) in [5.74, 6) is -0.999. The number of ether oxygens (including phenoxy) is 1. The van der Waals surface area contributed by atoms with Crippen molar-refractivity contribution in [2.24, 2.45) is 4.99 Å². The van der Waals surface area contributed by atoms with Crippen molar-refractivity contribution < 1.29 is 27.9 Å². The number of hydrogen-bond acceptors (Lipinski definition) is 6. The molecule has 1 amide bonds. The zero-order valence-electron chi connectivity index (χ0n) is 20.2. The Morgan fingerprint density at radius 1 is 1.15 bits per heavy atom. The number of carbonyl (C=O) groups excluding carboxylic acids is 1. The number of hydrogen-bond donors (Lipinski definition) is 3. The number of aliphatic imine (C=N–C) groups is 1. The van der Waals surface area contributed by atoms with Gasteiger partial charge in [-0.2, -0.15) is 0 Å². The number of sulfonamides is 1. The first kappa shape index (κ1) is 28.2. The minimum atomic E-state index is -3.83. The van der Waals surface area contributed by atoms with E-state index in [1.165, 1.54) is 12.1 Å². The van der Waals surface area contributed by atoms with Crippen LogP contribution >= 0.6 is 0 Å². The highest BCUT2D eigenvalue weighted by molar-refractivity contribution is 7.90. The molecule has 0 heterocycles. The van der Waals surface area contributed by atoms with Gasteiger partial charge in [0.15, 0.2) is 0 Å². The smallest absolute Gasteiger partial charge is 0.408 e. The van der Waals surface area contributed by atoms with Gasteiger partial charge in [-0.25, -0.2) is 22.7 Å². The molecular weight excluding hydrogens is 448 g/mol. The molecule has 0 aliphatic carbocycles. The van der Waals surface area contributed by atoms with Crippen molar-refractivity contribution in [2.45, 2.75) is 70.9 Å². The van der Waals surface area contributed by atoms with Gasteiger partial charge in [-0.05, 0) is 66.5 Å². The Morgan fingerprint density at radius 3 is 2.21 bits per heavy atom. The minimum absolute atomic E-state index is 0.105. The first-order valence-electron chi connectivity index (χ1n) is 10.9. The zero-order chi connectivity index (χ0) is 25.2. The number of benzene rings is 1. The van der Waals surface area contributed by atoms with Crippen LogP contribution in [0.15, 0.2) is 34.2 Å². The molecular formula is C22H36N4O6S. The van der Waals surface area contributed by atoms with E-state index in [4.69, 9.17) is 4.74 Å². The van der Waals surface area contributed by atoms with Crippen molar-refractivity contribution in [1.29, 1.82) is 0 Å². The monoisotopic (exact) mass is 484 g/mol. The normalized spacial score (nSPS) is 13.2. The fraction of sp³-hybridized carbons (Fsp3) is 0.591. The van der Waals surface area contributed by atoms with E-state index in [1.54, 1.807) is 37.8 Å². The van der Waals surface area contributed by atoms with Gasteiger partial charge in [-0.1, -0.05) is 17.7 Å². The molecule has 0 aliphatic rings. The number of nitrogens with zero attached hydrogens (tertiary/aromatic N) is 2. The van der Waals surface area contributed by atoms with Gasteiger partial charge in [0, 0.05) is 19.6 Å². The Balaban J connectivity index is 2.87. The summed E-state index contributed by atoms with van der Waals surface area (Å²) in [6, 6.07) is 5.34. The predicted molar refractivity (Wildman–Crippen MR) is 127 cm³/mol.